The van der Waals surface area contributed by atoms with Crippen molar-refractivity contribution in [2.24, 2.45) is 7.05 Å². The van der Waals surface area contributed by atoms with Crippen molar-refractivity contribution in [3.8, 4) is 0 Å². The summed E-state index contributed by atoms with van der Waals surface area (Å²) in [5, 5.41) is 6.58. The van der Waals surface area contributed by atoms with Gasteiger partial charge in [-0.05, 0) is 17.4 Å². The Bertz CT molecular complexity index is 412. The van der Waals surface area contributed by atoms with Crippen LogP contribution in [0.3, 0.4) is 0 Å². The summed E-state index contributed by atoms with van der Waals surface area (Å²) in [6.45, 7) is 8.57. The molecule has 0 bridgehead atoms. The molecule has 17 heavy (non-hydrogen) atoms. The quantitative estimate of drug-likeness (QED) is 0.868. The lowest BCUT2D eigenvalue weighted by molar-refractivity contribution is 0.829. The van der Waals surface area contributed by atoms with E-state index in [2.05, 4.69) is 42.9 Å². The number of aromatic nitrogens is 4. The summed E-state index contributed by atoms with van der Waals surface area (Å²) in [6, 6.07) is 0. The number of hydrogen-bond donors (Lipinski definition) is 1. The normalized spacial score (nSPS) is 10.5. The molecule has 0 spiro atoms. The van der Waals surface area contributed by atoms with Crippen LogP contribution < -0.4 is 0 Å². The zero-order chi connectivity index (χ0) is 12.8. The third-order valence-electron chi connectivity index (χ3n) is 2.50. The van der Waals surface area contributed by atoms with E-state index in [0.717, 1.165) is 5.69 Å². The maximum atomic E-state index is 4.18. The van der Waals surface area contributed by atoms with E-state index in [9.17, 15) is 0 Å². The minimum atomic E-state index is 0.547. The first kappa shape index (κ1) is 13.5. The van der Waals surface area contributed by atoms with Crippen LogP contribution in [-0.2, 0) is 7.05 Å². The highest BCUT2D eigenvalue weighted by atomic mass is 15.1. The first-order valence-corrected chi connectivity index (χ1v) is 5.97. The van der Waals surface area contributed by atoms with Gasteiger partial charge in [0.2, 0.25) is 0 Å². The van der Waals surface area contributed by atoms with Gasteiger partial charge in [-0.2, -0.15) is 5.10 Å². The Morgan fingerprint density at radius 3 is 2.12 bits per heavy atom. The Labute approximate surface area is 103 Å². The molecule has 0 amide bonds. The third-order valence-corrected chi connectivity index (χ3v) is 2.50. The number of rotatable bonds is 2. The van der Waals surface area contributed by atoms with E-state index in [4.69, 9.17) is 0 Å². The molecule has 2 aromatic heterocycles. The van der Waals surface area contributed by atoms with Crippen LogP contribution in [0.1, 0.15) is 50.8 Å². The molecule has 0 fully saturated rings. The third kappa shape index (κ3) is 4.43. The molecule has 0 radical (unpaired) electrons. The second-order valence-corrected chi connectivity index (χ2v) is 4.81. The Morgan fingerprint density at radius 2 is 1.88 bits per heavy atom. The highest BCUT2D eigenvalue weighted by Crippen LogP contribution is 2.09. The first-order chi connectivity index (χ1) is 8.00. The van der Waals surface area contributed by atoms with E-state index in [1.807, 2.05) is 36.5 Å². The zero-order valence-corrected chi connectivity index (χ0v) is 11.3. The highest BCUT2D eigenvalue weighted by Gasteiger charge is 1.99. The smallest absolute Gasteiger partial charge is 0.0946 e. The number of nitrogens with zero attached hydrogens (tertiary/aromatic N) is 3. The summed E-state index contributed by atoms with van der Waals surface area (Å²) in [5.41, 5.74) is 2.43. The van der Waals surface area contributed by atoms with E-state index >= 15 is 0 Å². The molecule has 1 N–H and O–H groups in total. The maximum absolute atomic E-state index is 4.18. The summed E-state index contributed by atoms with van der Waals surface area (Å²) >= 11 is 0. The average Bonchev–Trinajstić information content (AvgIpc) is 2.87. The molecule has 0 atom stereocenters. The number of nitrogens with one attached hydrogen (secondary N) is 1. The van der Waals surface area contributed by atoms with Crippen LogP contribution in [0.5, 0.6) is 0 Å². The van der Waals surface area contributed by atoms with Crippen molar-refractivity contribution >= 4 is 0 Å². The van der Waals surface area contributed by atoms with Crippen LogP contribution in [0.4, 0.5) is 0 Å². The Hall–Kier alpha value is -1.58. The van der Waals surface area contributed by atoms with Crippen molar-refractivity contribution in [3.05, 3.63) is 36.2 Å². The van der Waals surface area contributed by atoms with Crippen molar-refractivity contribution in [2.45, 2.75) is 39.5 Å². The molecule has 2 aromatic rings. The molecule has 0 aromatic carbocycles. The van der Waals surface area contributed by atoms with Crippen LogP contribution in [0.2, 0.25) is 0 Å². The van der Waals surface area contributed by atoms with Gasteiger partial charge in [-0.15, -0.1) is 0 Å². The van der Waals surface area contributed by atoms with E-state index in [0.29, 0.717) is 11.8 Å². The molecular formula is C13H22N4. The predicted molar refractivity (Wildman–Crippen MR) is 70.0 cm³/mol. The summed E-state index contributed by atoms with van der Waals surface area (Å²) in [5.74, 6) is 1.14. The second-order valence-electron chi connectivity index (χ2n) is 4.81. The number of aromatic amines is 1. The maximum Gasteiger partial charge on any atom is 0.0946 e. The van der Waals surface area contributed by atoms with Crippen molar-refractivity contribution in [1.82, 2.24) is 19.7 Å². The van der Waals surface area contributed by atoms with Gasteiger partial charge in [0.1, 0.15) is 0 Å². The molecular weight excluding hydrogens is 212 g/mol. The molecule has 2 heterocycles. The van der Waals surface area contributed by atoms with Gasteiger partial charge in [-0.25, -0.2) is 4.98 Å². The fourth-order valence-corrected chi connectivity index (χ4v) is 1.31. The van der Waals surface area contributed by atoms with Gasteiger partial charge in [0.05, 0.1) is 18.2 Å². The molecule has 0 saturated carbocycles. The molecule has 0 aliphatic heterocycles. The molecule has 94 valence electrons. The van der Waals surface area contributed by atoms with E-state index in [1.54, 1.807) is 0 Å². The summed E-state index contributed by atoms with van der Waals surface area (Å²) in [7, 11) is 1.98. The largest absolute Gasteiger partial charge is 0.340 e. The van der Waals surface area contributed by atoms with Crippen molar-refractivity contribution < 1.29 is 0 Å². The SMILES string of the molecule is CC(C)c1cn(C)cn1.CC(C)c1cn[nH]c1. The fourth-order valence-electron chi connectivity index (χ4n) is 1.31. The van der Waals surface area contributed by atoms with Crippen molar-refractivity contribution in [3.63, 3.8) is 0 Å². The Balaban J connectivity index is 0.000000171. The van der Waals surface area contributed by atoms with Gasteiger partial charge in [0.15, 0.2) is 0 Å². The van der Waals surface area contributed by atoms with E-state index < -0.39 is 0 Å². The molecule has 0 aliphatic rings. The highest BCUT2D eigenvalue weighted by molar-refractivity contribution is 5.06. The van der Waals surface area contributed by atoms with E-state index in [-0.39, 0.29) is 0 Å². The summed E-state index contributed by atoms with van der Waals surface area (Å²) in [4.78, 5) is 4.18. The van der Waals surface area contributed by atoms with Gasteiger partial charge in [0, 0.05) is 19.4 Å². The standard InChI is InChI=1S/C7H12N2.C6H10N2/c1-6(2)7-4-9(3)5-8-7;1-5(2)6-3-7-8-4-6/h4-6H,1-3H3;3-5H,1-2H3,(H,7,8). The van der Waals surface area contributed by atoms with Gasteiger partial charge in [-0.1, -0.05) is 27.7 Å². The minimum Gasteiger partial charge on any atom is -0.340 e. The number of aryl methyl sites for hydroxylation is 1. The molecule has 4 heteroatoms. The Kier molecular flexibility index (Phi) is 4.94. The number of H-pyrrole nitrogens is 1. The monoisotopic (exact) mass is 234 g/mol. The molecule has 0 aliphatic carbocycles. The number of imidazole rings is 1. The minimum absolute atomic E-state index is 0.547. The summed E-state index contributed by atoms with van der Waals surface area (Å²) < 4.78 is 1.97. The number of hydrogen-bond acceptors (Lipinski definition) is 2. The lowest BCUT2D eigenvalue weighted by Crippen LogP contribution is -1.85. The van der Waals surface area contributed by atoms with Crippen molar-refractivity contribution in [2.75, 3.05) is 0 Å². The van der Waals surface area contributed by atoms with Crippen LogP contribution >= 0.6 is 0 Å². The van der Waals surface area contributed by atoms with Gasteiger partial charge in [-0.3, -0.25) is 5.10 Å². The second kappa shape index (κ2) is 6.23. The fraction of sp³-hybridized carbons (Fsp3) is 0.538. The lowest BCUT2D eigenvalue weighted by Gasteiger charge is -1.95. The van der Waals surface area contributed by atoms with Crippen LogP contribution in [0, 0.1) is 0 Å². The zero-order valence-electron chi connectivity index (χ0n) is 11.3. The average molecular weight is 234 g/mol. The molecule has 0 saturated heterocycles. The van der Waals surface area contributed by atoms with E-state index in [1.165, 1.54) is 5.56 Å². The van der Waals surface area contributed by atoms with Crippen LogP contribution in [0.25, 0.3) is 0 Å². The van der Waals surface area contributed by atoms with Crippen LogP contribution in [0.15, 0.2) is 24.9 Å². The lowest BCUT2D eigenvalue weighted by atomic mass is 10.1. The Morgan fingerprint density at radius 1 is 1.18 bits per heavy atom. The molecule has 2 rings (SSSR count). The van der Waals surface area contributed by atoms with Gasteiger partial charge >= 0.3 is 0 Å². The summed E-state index contributed by atoms with van der Waals surface area (Å²) in [6.07, 6.45) is 7.65. The van der Waals surface area contributed by atoms with Gasteiger partial charge in [0.25, 0.3) is 0 Å². The molecule has 0 unspecified atom stereocenters. The van der Waals surface area contributed by atoms with Gasteiger partial charge < -0.3 is 4.57 Å². The van der Waals surface area contributed by atoms with Crippen LogP contribution in [-0.4, -0.2) is 19.7 Å². The topological polar surface area (TPSA) is 46.5 Å². The van der Waals surface area contributed by atoms with Crippen molar-refractivity contribution in [1.29, 1.82) is 0 Å². The first-order valence-electron chi connectivity index (χ1n) is 5.97. The molecule has 4 nitrogen and oxygen atoms in total. The predicted octanol–water partition coefficient (Wildman–Crippen LogP) is 3.08.